The maximum Gasteiger partial charge on any atom is 0.272 e. The summed E-state index contributed by atoms with van der Waals surface area (Å²) in [5, 5.41) is 3.74. The Hall–Kier alpha value is -2.48. The zero-order valence-corrected chi connectivity index (χ0v) is 22.4. The molecule has 2 aromatic rings. The summed E-state index contributed by atoms with van der Waals surface area (Å²) in [6, 6.07) is 11.1. The number of ether oxygens (including phenoxy) is 3. The molecule has 0 saturated carbocycles. The molecule has 1 aromatic heterocycles. The molecule has 1 amide bonds. The van der Waals surface area contributed by atoms with Gasteiger partial charge in [0.1, 0.15) is 18.1 Å². The van der Waals surface area contributed by atoms with Crippen molar-refractivity contribution < 1.29 is 19.0 Å². The highest BCUT2D eigenvalue weighted by Gasteiger charge is 2.31. The highest BCUT2D eigenvalue weighted by atomic mass is 16.5. The fourth-order valence-electron chi connectivity index (χ4n) is 4.96. The Kier molecular flexibility index (Phi) is 8.65. The van der Waals surface area contributed by atoms with Crippen molar-refractivity contribution in [2.75, 3.05) is 33.4 Å². The number of pyridine rings is 1. The van der Waals surface area contributed by atoms with Crippen molar-refractivity contribution in [2.24, 2.45) is 0 Å². The molecular formula is C29H41N3O4. The lowest BCUT2D eigenvalue weighted by Crippen LogP contribution is -2.54. The SMILES string of the molecule is CO[C@@H]1COCC[C@@H]1NC1CCN(C(=O)c2ncc(OCc3ccc(C(C)(C)C)cc3)cc2C)CC1. The highest BCUT2D eigenvalue weighted by molar-refractivity contribution is 5.93. The van der Waals surface area contributed by atoms with Gasteiger partial charge in [0.2, 0.25) is 0 Å². The summed E-state index contributed by atoms with van der Waals surface area (Å²) >= 11 is 0. The molecule has 1 aromatic carbocycles. The fourth-order valence-corrected chi connectivity index (χ4v) is 4.96. The molecule has 2 aliphatic heterocycles. The van der Waals surface area contributed by atoms with Crippen LogP contribution in [0.5, 0.6) is 5.75 Å². The Morgan fingerprint density at radius 2 is 1.89 bits per heavy atom. The smallest absolute Gasteiger partial charge is 0.272 e. The Morgan fingerprint density at radius 3 is 2.53 bits per heavy atom. The number of aryl methyl sites for hydroxylation is 1. The second-order valence-corrected chi connectivity index (χ2v) is 11.0. The van der Waals surface area contributed by atoms with E-state index in [0.717, 1.165) is 50.1 Å². The minimum atomic E-state index is -0.00361. The van der Waals surface area contributed by atoms with Crippen LogP contribution in [0.15, 0.2) is 36.5 Å². The van der Waals surface area contributed by atoms with Gasteiger partial charge in [0.15, 0.2) is 0 Å². The number of piperidine rings is 1. The molecule has 3 heterocycles. The van der Waals surface area contributed by atoms with Gasteiger partial charge in [0, 0.05) is 38.9 Å². The van der Waals surface area contributed by atoms with E-state index in [9.17, 15) is 4.79 Å². The highest BCUT2D eigenvalue weighted by Crippen LogP contribution is 2.24. The van der Waals surface area contributed by atoms with Gasteiger partial charge in [0.05, 0.1) is 18.9 Å². The molecule has 2 atom stereocenters. The van der Waals surface area contributed by atoms with E-state index in [1.165, 1.54) is 5.56 Å². The lowest BCUT2D eigenvalue weighted by atomic mass is 9.87. The molecule has 2 aliphatic rings. The maximum absolute atomic E-state index is 13.2. The van der Waals surface area contributed by atoms with Gasteiger partial charge in [0.25, 0.3) is 5.91 Å². The lowest BCUT2D eigenvalue weighted by molar-refractivity contribution is -0.0533. The first kappa shape index (κ1) is 26.6. The molecule has 196 valence electrons. The number of methoxy groups -OCH3 is 1. The van der Waals surface area contributed by atoms with Crippen molar-refractivity contribution in [3.05, 3.63) is 58.9 Å². The average Bonchev–Trinajstić information content (AvgIpc) is 2.87. The van der Waals surface area contributed by atoms with E-state index in [-0.39, 0.29) is 17.4 Å². The van der Waals surface area contributed by atoms with Crippen molar-refractivity contribution in [1.82, 2.24) is 15.2 Å². The van der Waals surface area contributed by atoms with Crippen molar-refractivity contribution in [3.8, 4) is 5.75 Å². The second-order valence-electron chi connectivity index (χ2n) is 11.0. The molecule has 7 nitrogen and oxygen atoms in total. The number of hydrogen-bond acceptors (Lipinski definition) is 6. The largest absolute Gasteiger partial charge is 0.487 e. The van der Waals surface area contributed by atoms with Gasteiger partial charge in [-0.2, -0.15) is 0 Å². The maximum atomic E-state index is 13.2. The van der Waals surface area contributed by atoms with E-state index in [1.807, 2.05) is 17.9 Å². The van der Waals surface area contributed by atoms with Crippen LogP contribution in [0.2, 0.25) is 0 Å². The average molecular weight is 496 g/mol. The van der Waals surface area contributed by atoms with Crippen molar-refractivity contribution >= 4 is 5.91 Å². The normalized spacial score (nSPS) is 21.4. The first-order chi connectivity index (χ1) is 17.2. The summed E-state index contributed by atoms with van der Waals surface area (Å²) in [5.74, 6) is 0.673. The number of nitrogens with one attached hydrogen (secondary N) is 1. The Morgan fingerprint density at radius 1 is 1.17 bits per heavy atom. The molecule has 1 N–H and O–H groups in total. The summed E-state index contributed by atoms with van der Waals surface area (Å²) in [5.41, 5.74) is 3.88. The van der Waals surface area contributed by atoms with E-state index in [2.05, 4.69) is 55.3 Å². The van der Waals surface area contributed by atoms with Crippen LogP contribution >= 0.6 is 0 Å². The topological polar surface area (TPSA) is 72.9 Å². The number of nitrogens with zero attached hydrogens (tertiary/aromatic N) is 2. The molecule has 0 aliphatic carbocycles. The number of benzene rings is 1. The van der Waals surface area contributed by atoms with E-state index >= 15 is 0 Å². The number of carbonyl (C=O) groups excluding carboxylic acids is 1. The number of carbonyl (C=O) groups is 1. The molecule has 36 heavy (non-hydrogen) atoms. The Labute approximate surface area is 215 Å². The van der Waals surface area contributed by atoms with Crippen molar-refractivity contribution in [3.63, 3.8) is 0 Å². The van der Waals surface area contributed by atoms with E-state index in [1.54, 1.807) is 13.3 Å². The number of amides is 1. The minimum absolute atomic E-state index is 0.00361. The summed E-state index contributed by atoms with van der Waals surface area (Å²) in [7, 11) is 1.74. The molecular weight excluding hydrogens is 454 g/mol. The summed E-state index contributed by atoms with van der Waals surface area (Å²) in [6.45, 7) is 11.9. The summed E-state index contributed by atoms with van der Waals surface area (Å²) < 4.78 is 17.1. The number of likely N-dealkylation sites (tertiary alicyclic amines) is 1. The number of rotatable bonds is 7. The lowest BCUT2D eigenvalue weighted by Gasteiger charge is -2.38. The molecule has 7 heteroatoms. The summed E-state index contributed by atoms with van der Waals surface area (Å²) in [6.07, 6.45) is 4.56. The predicted molar refractivity (Wildman–Crippen MR) is 141 cm³/mol. The molecule has 2 fully saturated rings. The third-order valence-electron chi connectivity index (χ3n) is 7.32. The van der Waals surface area contributed by atoms with E-state index in [4.69, 9.17) is 14.2 Å². The first-order valence-electron chi connectivity index (χ1n) is 13.1. The van der Waals surface area contributed by atoms with Gasteiger partial charge < -0.3 is 24.4 Å². The van der Waals surface area contributed by atoms with E-state index in [0.29, 0.717) is 36.7 Å². The molecule has 0 spiro atoms. The quantitative estimate of drug-likeness (QED) is 0.619. The zero-order chi connectivity index (χ0) is 25.7. The molecule has 4 rings (SSSR count). The standard InChI is InChI=1S/C29H41N3O4/c1-20-16-24(36-18-21-6-8-22(9-7-21)29(2,3)4)17-30-27(20)28(33)32-13-10-23(11-14-32)31-25-12-15-35-19-26(25)34-5/h6-9,16-17,23,25-26,31H,10-15,18-19H2,1-5H3/t25-,26+/m0/s1. The van der Waals surface area contributed by atoms with Gasteiger partial charge in [-0.1, -0.05) is 45.0 Å². The van der Waals surface area contributed by atoms with Gasteiger partial charge in [-0.05, 0) is 54.4 Å². The van der Waals surface area contributed by atoms with Gasteiger partial charge in [-0.15, -0.1) is 0 Å². The third-order valence-corrected chi connectivity index (χ3v) is 7.32. The van der Waals surface area contributed by atoms with Crippen LogP contribution in [0.3, 0.4) is 0 Å². The predicted octanol–water partition coefficient (Wildman–Crippen LogP) is 4.26. The van der Waals surface area contributed by atoms with Crippen molar-refractivity contribution in [2.45, 2.75) is 77.2 Å². The third kappa shape index (κ3) is 6.64. The Bertz CT molecular complexity index is 1010. The molecule has 0 radical (unpaired) electrons. The van der Waals surface area contributed by atoms with Gasteiger partial charge in [-0.3, -0.25) is 4.79 Å². The first-order valence-corrected chi connectivity index (χ1v) is 13.1. The van der Waals surface area contributed by atoms with Gasteiger partial charge in [-0.25, -0.2) is 4.98 Å². The number of hydrogen-bond donors (Lipinski definition) is 1. The second kappa shape index (κ2) is 11.7. The zero-order valence-electron chi connectivity index (χ0n) is 22.4. The molecule has 2 saturated heterocycles. The van der Waals surface area contributed by atoms with Crippen LogP contribution in [0.1, 0.15) is 67.2 Å². The van der Waals surface area contributed by atoms with Crippen LogP contribution < -0.4 is 10.1 Å². The van der Waals surface area contributed by atoms with Crippen molar-refractivity contribution in [1.29, 1.82) is 0 Å². The molecule has 0 unspecified atom stereocenters. The Balaban J connectivity index is 1.28. The monoisotopic (exact) mass is 495 g/mol. The molecule has 0 bridgehead atoms. The fraction of sp³-hybridized carbons (Fsp3) is 0.586. The number of aromatic nitrogens is 1. The van der Waals surface area contributed by atoms with Crippen LogP contribution in [0, 0.1) is 6.92 Å². The van der Waals surface area contributed by atoms with Crippen LogP contribution in [-0.2, 0) is 21.5 Å². The van der Waals surface area contributed by atoms with E-state index < -0.39 is 0 Å². The minimum Gasteiger partial charge on any atom is -0.487 e. The van der Waals surface area contributed by atoms with Crippen LogP contribution in [0.4, 0.5) is 0 Å². The van der Waals surface area contributed by atoms with Crippen LogP contribution in [0.25, 0.3) is 0 Å². The van der Waals surface area contributed by atoms with Gasteiger partial charge >= 0.3 is 0 Å². The van der Waals surface area contributed by atoms with Crippen LogP contribution in [-0.4, -0.2) is 67.4 Å². The summed E-state index contributed by atoms with van der Waals surface area (Å²) in [4.78, 5) is 19.6.